The molecule has 2 unspecified atom stereocenters. The van der Waals surface area contributed by atoms with Crippen molar-refractivity contribution in [1.82, 2.24) is 4.90 Å². The zero-order valence-corrected chi connectivity index (χ0v) is 12.5. The lowest BCUT2D eigenvalue weighted by atomic mass is 9.90. The third-order valence-electron chi connectivity index (χ3n) is 4.43. The highest BCUT2D eigenvalue weighted by atomic mass is 16.6. The maximum Gasteiger partial charge on any atom is 0.216 e. The maximum atomic E-state index is 10.1. The highest BCUT2D eigenvalue weighted by Crippen LogP contribution is 2.49. The molecule has 1 aliphatic heterocycles. The lowest BCUT2D eigenvalue weighted by molar-refractivity contribution is -0.243. The van der Waals surface area contributed by atoms with Crippen LogP contribution in [0.1, 0.15) is 46.5 Å². The number of aliphatic hydroxyl groups is 2. The summed E-state index contributed by atoms with van der Waals surface area (Å²) in [5.74, 6) is 2.38. The zero-order valence-electron chi connectivity index (χ0n) is 12.5. The number of rotatable bonds is 5. The van der Waals surface area contributed by atoms with Gasteiger partial charge < -0.3 is 14.9 Å². The van der Waals surface area contributed by atoms with Gasteiger partial charge in [0.05, 0.1) is 5.60 Å². The van der Waals surface area contributed by atoms with Gasteiger partial charge in [-0.1, -0.05) is 0 Å². The molecule has 1 heterocycles. The van der Waals surface area contributed by atoms with Crippen LogP contribution in [0.3, 0.4) is 0 Å². The molecule has 4 heteroatoms. The Morgan fingerprint density at radius 3 is 2.42 bits per heavy atom. The minimum absolute atomic E-state index is 0.307. The molecule has 0 spiro atoms. The summed E-state index contributed by atoms with van der Waals surface area (Å²) in [5, 5.41) is 19.0. The average Bonchev–Trinajstić information content (AvgIpc) is 3.07. The second-order valence-electron chi connectivity index (χ2n) is 7.10. The summed E-state index contributed by atoms with van der Waals surface area (Å²) in [7, 11) is 0. The number of aliphatic hydroxyl groups excluding tert-OH is 2. The van der Waals surface area contributed by atoms with Crippen LogP contribution in [0.4, 0.5) is 0 Å². The molecular formula is C15H29NO3. The van der Waals surface area contributed by atoms with Crippen LogP contribution in [-0.2, 0) is 4.74 Å². The van der Waals surface area contributed by atoms with Crippen LogP contribution < -0.4 is 0 Å². The number of nitrogens with zero attached hydrogens (tertiary/aromatic N) is 1. The first-order valence-electron chi connectivity index (χ1n) is 7.61. The van der Waals surface area contributed by atoms with E-state index in [9.17, 15) is 5.11 Å². The molecule has 0 bridgehead atoms. The number of ether oxygens (including phenoxy) is 1. The number of hydrogen-bond donors (Lipinski definition) is 2. The Hall–Kier alpha value is -0.160. The maximum absolute atomic E-state index is 10.1. The van der Waals surface area contributed by atoms with Crippen molar-refractivity contribution >= 4 is 0 Å². The van der Waals surface area contributed by atoms with Crippen LogP contribution >= 0.6 is 0 Å². The van der Waals surface area contributed by atoms with E-state index in [4.69, 9.17) is 9.84 Å². The predicted octanol–water partition coefficient (Wildman–Crippen LogP) is 1.81. The quantitative estimate of drug-likeness (QED) is 0.749. The molecule has 2 N–H and O–H groups in total. The van der Waals surface area contributed by atoms with E-state index in [1.807, 2.05) is 25.7 Å². The Morgan fingerprint density at radius 2 is 1.89 bits per heavy atom. The molecule has 112 valence electrons. The molecule has 4 nitrogen and oxygen atoms in total. The molecule has 2 rings (SSSR count). The Bertz CT molecular complexity index is 282. The molecule has 0 amide bonds. The van der Waals surface area contributed by atoms with Gasteiger partial charge in [0.1, 0.15) is 0 Å². The van der Waals surface area contributed by atoms with E-state index in [-0.39, 0.29) is 5.60 Å². The van der Waals surface area contributed by atoms with Gasteiger partial charge in [-0.3, -0.25) is 4.90 Å². The third kappa shape index (κ3) is 4.42. The fraction of sp³-hybridized carbons (Fsp3) is 1.00. The van der Waals surface area contributed by atoms with Gasteiger partial charge in [-0.15, -0.1) is 0 Å². The summed E-state index contributed by atoms with van der Waals surface area (Å²) < 4.78 is 5.60. The molecule has 1 saturated heterocycles. The van der Waals surface area contributed by atoms with Gasteiger partial charge in [0.25, 0.3) is 0 Å². The van der Waals surface area contributed by atoms with Gasteiger partial charge in [0.15, 0.2) is 0 Å². The zero-order chi connectivity index (χ0) is 14.0. The van der Waals surface area contributed by atoms with Gasteiger partial charge in [0.2, 0.25) is 6.41 Å². The summed E-state index contributed by atoms with van der Waals surface area (Å²) >= 11 is 0. The van der Waals surface area contributed by atoms with Crippen LogP contribution in [0.5, 0.6) is 0 Å². The summed E-state index contributed by atoms with van der Waals surface area (Å²) in [6, 6.07) is 0. The van der Waals surface area contributed by atoms with Gasteiger partial charge in [0, 0.05) is 19.7 Å². The molecule has 3 atom stereocenters. The van der Waals surface area contributed by atoms with E-state index in [0.29, 0.717) is 6.61 Å². The van der Waals surface area contributed by atoms with Crippen molar-refractivity contribution in [3.05, 3.63) is 0 Å². The molecule has 0 aromatic heterocycles. The molecule has 1 saturated carbocycles. The standard InChI is InChI=1S/C15H29NO3/c1-15(2,3)19-14(18)16-7-4-11(5-8-16)13-10-12(13)6-9-17/h11-14,17-18H,4-10H2,1-3H3/t12-,13?,14?/m1/s1. The average molecular weight is 271 g/mol. The molecular weight excluding hydrogens is 242 g/mol. The van der Waals surface area contributed by atoms with Crippen molar-refractivity contribution in [2.75, 3.05) is 19.7 Å². The first-order valence-corrected chi connectivity index (χ1v) is 7.61. The lowest BCUT2D eigenvalue weighted by Crippen LogP contribution is -2.46. The smallest absolute Gasteiger partial charge is 0.216 e. The molecule has 2 aliphatic rings. The fourth-order valence-corrected chi connectivity index (χ4v) is 3.31. The highest BCUT2D eigenvalue weighted by molar-refractivity contribution is 4.93. The van der Waals surface area contributed by atoms with Gasteiger partial charge in [-0.05, 0) is 64.2 Å². The van der Waals surface area contributed by atoms with Crippen molar-refractivity contribution < 1.29 is 14.9 Å². The summed E-state index contributed by atoms with van der Waals surface area (Å²) in [4.78, 5) is 2.03. The Balaban J connectivity index is 1.71. The van der Waals surface area contributed by atoms with Crippen LogP contribution in [0, 0.1) is 17.8 Å². The molecule has 0 radical (unpaired) electrons. The highest BCUT2D eigenvalue weighted by Gasteiger charge is 2.43. The van der Waals surface area contributed by atoms with Crippen molar-refractivity contribution in [1.29, 1.82) is 0 Å². The van der Waals surface area contributed by atoms with Crippen molar-refractivity contribution in [2.45, 2.75) is 58.5 Å². The van der Waals surface area contributed by atoms with Crippen LogP contribution in [0.2, 0.25) is 0 Å². The monoisotopic (exact) mass is 271 g/mol. The molecule has 1 aliphatic carbocycles. The number of piperidine rings is 1. The van der Waals surface area contributed by atoms with Crippen LogP contribution in [0.25, 0.3) is 0 Å². The van der Waals surface area contributed by atoms with Crippen molar-refractivity contribution in [2.24, 2.45) is 17.8 Å². The Kier molecular flexibility index (Phi) is 4.88. The van der Waals surface area contributed by atoms with E-state index >= 15 is 0 Å². The normalized spacial score (nSPS) is 31.4. The van der Waals surface area contributed by atoms with E-state index < -0.39 is 6.41 Å². The minimum Gasteiger partial charge on any atom is -0.396 e. The summed E-state index contributed by atoms with van der Waals surface area (Å²) in [5.41, 5.74) is -0.307. The predicted molar refractivity (Wildman–Crippen MR) is 74.4 cm³/mol. The summed E-state index contributed by atoms with van der Waals surface area (Å²) in [6.07, 6.45) is 3.80. The molecule has 19 heavy (non-hydrogen) atoms. The molecule has 2 fully saturated rings. The Morgan fingerprint density at radius 1 is 1.26 bits per heavy atom. The number of likely N-dealkylation sites (tertiary alicyclic amines) is 1. The minimum atomic E-state index is -0.770. The van der Waals surface area contributed by atoms with Gasteiger partial charge in [-0.2, -0.15) is 0 Å². The molecule has 0 aromatic carbocycles. The van der Waals surface area contributed by atoms with Crippen LogP contribution in [-0.4, -0.2) is 46.8 Å². The second kappa shape index (κ2) is 6.08. The molecule has 0 aromatic rings. The fourth-order valence-electron chi connectivity index (χ4n) is 3.31. The topological polar surface area (TPSA) is 52.9 Å². The largest absolute Gasteiger partial charge is 0.396 e. The SMILES string of the molecule is CC(C)(C)OC(O)N1CCC(C2C[C@H]2CCO)CC1. The van der Waals surface area contributed by atoms with E-state index in [1.165, 1.54) is 6.42 Å². The third-order valence-corrected chi connectivity index (χ3v) is 4.43. The van der Waals surface area contributed by atoms with E-state index in [0.717, 1.165) is 50.1 Å². The lowest BCUT2D eigenvalue weighted by Gasteiger charge is -2.37. The first kappa shape index (κ1) is 15.2. The van der Waals surface area contributed by atoms with Crippen molar-refractivity contribution in [3.63, 3.8) is 0 Å². The number of hydrogen-bond acceptors (Lipinski definition) is 4. The first-order chi connectivity index (χ1) is 8.90. The van der Waals surface area contributed by atoms with Gasteiger partial charge in [-0.25, -0.2) is 0 Å². The second-order valence-corrected chi connectivity index (χ2v) is 7.10. The van der Waals surface area contributed by atoms with Crippen LogP contribution in [0.15, 0.2) is 0 Å². The summed E-state index contributed by atoms with van der Waals surface area (Å²) in [6.45, 7) is 8.07. The van der Waals surface area contributed by atoms with E-state index in [1.54, 1.807) is 0 Å². The Labute approximate surface area is 116 Å². The van der Waals surface area contributed by atoms with E-state index in [2.05, 4.69) is 0 Å². The van der Waals surface area contributed by atoms with Gasteiger partial charge >= 0.3 is 0 Å². The van der Waals surface area contributed by atoms with Crippen molar-refractivity contribution in [3.8, 4) is 0 Å².